The second-order valence-corrected chi connectivity index (χ2v) is 5.76. The predicted molar refractivity (Wildman–Crippen MR) is 90.6 cm³/mol. The zero-order valence-corrected chi connectivity index (χ0v) is 13.6. The van der Waals surface area contributed by atoms with Crippen LogP contribution in [0.2, 0.25) is 0 Å². The fourth-order valence-corrected chi connectivity index (χ4v) is 3.04. The first-order chi connectivity index (χ1) is 11.3. The van der Waals surface area contributed by atoms with Gasteiger partial charge in [0, 0.05) is 25.2 Å². The lowest BCUT2D eigenvalue weighted by Crippen LogP contribution is -2.43. The summed E-state index contributed by atoms with van der Waals surface area (Å²) in [6.45, 7) is 1.16. The zero-order chi connectivity index (χ0) is 17.6. The van der Waals surface area contributed by atoms with Crippen LogP contribution in [0, 0.1) is 6.92 Å². The van der Waals surface area contributed by atoms with Crippen molar-refractivity contribution < 1.29 is 14.7 Å². The van der Waals surface area contributed by atoms with E-state index < -0.39 is 18.5 Å². The minimum absolute atomic E-state index is 0.184. The van der Waals surface area contributed by atoms with Gasteiger partial charge in [-0.1, -0.05) is 18.2 Å². The van der Waals surface area contributed by atoms with E-state index in [1.807, 2.05) is 12.1 Å². The normalized spacial score (nSPS) is 13.4. The molecule has 0 unspecified atom stereocenters. The largest absolute Gasteiger partial charge is 0.480 e. The van der Waals surface area contributed by atoms with E-state index in [1.165, 1.54) is 14.4 Å². The average Bonchev–Trinajstić information content (AvgIpc) is 2.63. The Hall–Kier alpha value is -3.09. The molecular formula is C17H17N3O4. The van der Waals surface area contributed by atoms with Crippen molar-refractivity contribution in [2.75, 3.05) is 23.4 Å². The van der Waals surface area contributed by atoms with Gasteiger partial charge in [-0.2, -0.15) is 0 Å². The van der Waals surface area contributed by atoms with Crippen LogP contribution < -0.4 is 15.4 Å². The van der Waals surface area contributed by atoms with E-state index in [9.17, 15) is 19.5 Å². The molecule has 0 saturated heterocycles. The third kappa shape index (κ3) is 2.25. The summed E-state index contributed by atoms with van der Waals surface area (Å²) < 4.78 is 1.46. The first-order valence-corrected chi connectivity index (χ1v) is 7.40. The number of aromatic nitrogens is 1. The maximum atomic E-state index is 12.8. The number of urea groups is 1. The van der Waals surface area contributed by atoms with Gasteiger partial charge in [-0.05, 0) is 19.1 Å². The molecule has 1 aliphatic heterocycles. The van der Waals surface area contributed by atoms with Crippen LogP contribution in [-0.2, 0) is 11.8 Å². The Kier molecular flexibility index (Phi) is 3.63. The number of aryl methyl sites for hydroxylation is 1. The number of aliphatic carboxylic acids is 1. The third-order valence-electron chi connectivity index (χ3n) is 4.20. The van der Waals surface area contributed by atoms with Gasteiger partial charge in [-0.15, -0.1) is 0 Å². The molecule has 2 aromatic rings. The molecule has 0 radical (unpaired) electrons. The van der Waals surface area contributed by atoms with E-state index in [4.69, 9.17) is 0 Å². The van der Waals surface area contributed by atoms with Gasteiger partial charge >= 0.3 is 12.0 Å². The Labute approximate surface area is 138 Å². The molecule has 0 spiro atoms. The number of benzene rings is 1. The van der Waals surface area contributed by atoms with E-state index >= 15 is 0 Å². The van der Waals surface area contributed by atoms with E-state index in [1.54, 1.807) is 39.2 Å². The van der Waals surface area contributed by atoms with Crippen LogP contribution in [0.4, 0.5) is 16.2 Å². The minimum Gasteiger partial charge on any atom is -0.480 e. The van der Waals surface area contributed by atoms with Crippen molar-refractivity contribution in [3.05, 3.63) is 46.2 Å². The molecule has 2 heterocycles. The van der Waals surface area contributed by atoms with Gasteiger partial charge in [0.15, 0.2) is 0 Å². The number of fused-ring (bicyclic) bond motifs is 3. The zero-order valence-electron chi connectivity index (χ0n) is 13.6. The van der Waals surface area contributed by atoms with Crippen molar-refractivity contribution in [1.82, 2.24) is 4.57 Å². The van der Waals surface area contributed by atoms with Crippen molar-refractivity contribution >= 4 is 23.4 Å². The summed E-state index contributed by atoms with van der Waals surface area (Å²) in [5.41, 5.74) is 2.53. The molecule has 0 fully saturated rings. The molecule has 1 aromatic heterocycles. The smallest absolute Gasteiger partial charge is 0.329 e. The number of hydrogen-bond acceptors (Lipinski definition) is 3. The van der Waals surface area contributed by atoms with Gasteiger partial charge in [0.2, 0.25) is 0 Å². The summed E-state index contributed by atoms with van der Waals surface area (Å²) in [5, 5.41) is 9.22. The van der Waals surface area contributed by atoms with E-state index in [-0.39, 0.29) is 5.56 Å². The van der Waals surface area contributed by atoms with Crippen LogP contribution in [0.1, 0.15) is 5.56 Å². The Morgan fingerprint density at radius 2 is 1.79 bits per heavy atom. The molecule has 7 nitrogen and oxygen atoms in total. The summed E-state index contributed by atoms with van der Waals surface area (Å²) in [4.78, 5) is 39.1. The van der Waals surface area contributed by atoms with Gasteiger partial charge in [0.1, 0.15) is 6.54 Å². The maximum Gasteiger partial charge on any atom is 0.329 e. The highest BCUT2D eigenvalue weighted by molar-refractivity contribution is 6.12. The standard InChI is InChI=1S/C17H17N3O4/c1-10-8-13-15(19(3)16(10)23)11-6-4-5-7-12(11)18(2)17(24)20(13)9-14(21)22/h4-8H,9H2,1-3H3,(H,21,22). The van der Waals surface area contributed by atoms with Crippen molar-refractivity contribution in [3.8, 4) is 11.3 Å². The molecule has 0 atom stereocenters. The van der Waals surface area contributed by atoms with Gasteiger partial charge < -0.3 is 9.67 Å². The van der Waals surface area contributed by atoms with Crippen LogP contribution in [0.15, 0.2) is 35.1 Å². The molecule has 124 valence electrons. The van der Waals surface area contributed by atoms with Crippen LogP contribution in [-0.4, -0.2) is 35.3 Å². The second-order valence-electron chi connectivity index (χ2n) is 5.76. The molecule has 24 heavy (non-hydrogen) atoms. The quantitative estimate of drug-likeness (QED) is 0.912. The Balaban J connectivity index is 2.43. The van der Waals surface area contributed by atoms with Gasteiger partial charge in [0.05, 0.1) is 17.1 Å². The van der Waals surface area contributed by atoms with Crippen molar-refractivity contribution in [2.45, 2.75) is 6.92 Å². The molecule has 3 rings (SSSR count). The summed E-state index contributed by atoms with van der Waals surface area (Å²) in [5.74, 6) is -1.12. The number of para-hydroxylation sites is 1. The van der Waals surface area contributed by atoms with Crippen LogP contribution in [0.5, 0.6) is 0 Å². The fourth-order valence-electron chi connectivity index (χ4n) is 3.04. The molecule has 2 amide bonds. The molecule has 1 aliphatic rings. The molecule has 7 heteroatoms. The van der Waals surface area contributed by atoms with Crippen molar-refractivity contribution in [2.24, 2.45) is 7.05 Å². The highest BCUT2D eigenvalue weighted by atomic mass is 16.4. The SMILES string of the molecule is Cc1cc2c(n(C)c1=O)-c1ccccc1N(C)C(=O)N2CC(=O)O. The number of carboxylic acid groups (broad SMARTS) is 1. The minimum atomic E-state index is -1.12. The van der Waals surface area contributed by atoms with Crippen LogP contribution in [0.3, 0.4) is 0 Å². The summed E-state index contributed by atoms with van der Waals surface area (Å²) >= 11 is 0. The molecule has 0 saturated carbocycles. The average molecular weight is 327 g/mol. The number of amides is 2. The number of hydrogen-bond donors (Lipinski definition) is 1. The number of carboxylic acids is 1. The number of anilines is 2. The Morgan fingerprint density at radius 3 is 2.46 bits per heavy atom. The molecule has 1 N–H and O–H groups in total. The first-order valence-electron chi connectivity index (χ1n) is 7.40. The van der Waals surface area contributed by atoms with Gasteiger partial charge in [-0.25, -0.2) is 4.79 Å². The summed E-state index contributed by atoms with van der Waals surface area (Å²) in [7, 11) is 3.21. The molecule has 1 aromatic carbocycles. The number of rotatable bonds is 2. The van der Waals surface area contributed by atoms with Crippen molar-refractivity contribution in [3.63, 3.8) is 0 Å². The lowest BCUT2D eigenvalue weighted by molar-refractivity contribution is -0.135. The lowest BCUT2D eigenvalue weighted by Gasteiger charge is -2.25. The Bertz CT molecular complexity index is 917. The van der Waals surface area contributed by atoms with Crippen molar-refractivity contribution in [1.29, 1.82) is 0 Å². The molecular weight excluding hydrogens is 310 g/mol. The highest BCUT2D eigenvalue weighted by Crippen LogP contribution is 2.39. The number of nitrogens with zero attached hydrogens (tertiary/aromatic N) is 3. The summed E-state index contributed by atoms with van der Waals surface area (Å²) in [6.07, 6.45) is 0. The van der Waals surface area contributed by atoms with Crippen LogP contribution >= 0.6 is 0 Å². The van der Waals surface area contributed by atoms with Crippen LogP contribution in [0.25, 0.3) is 11.3 Å². The van der Waals surface area contributed by atoms with E-state index in [2.05, 4.69) is 0 Å². The number of carbonyl (C=O) groups is 2. The van der Waals surface area contributed by atoms with Gasteiger partial charge in [0.25, 0.3) is 5.56 Å². The molecule has 0 aliphatic carbocycles. The lowest BCUT2D eigenvalue weighted by atomic mass is 10.1. The first kappa shape index (κ1) is 15.8. The monoisotopic (exact) mass is 327 g/mol. The fraction of sp³-hybridized carbons (Fsp3) is 0.235. The van der Waals surface area contributed by atoms with E-state index in [0.29, 0.717) is 28.2 Å². The third-order valence-corrected chi connectivity index (χ3v) is 4.20. The number of carbonyl (C=O) groups excluding carboxylic acids is 1. The molecule has 0 bridgehead atoms. The maximum absolute atomic E-state index is 12.8. The highest BCUT2D eigenvalue weighted by Gasteiger charge is 2.32. The number of pyridine rings is 1. The Morgan fingerprint density at radius 1 is 1.12 bits per heavy atom. The topological polar surface area (TPSA) is 82.9 Å². The van der Waals surface area contributed by atoms with E-state index in [0.717, 1.165) is 0 Å². The predicted octanol–water partition coefficient (Wildman–Crippen LogP) is 1.82. The van der Waals surface area contributed by atoms with Gasteiger partial charge in [-0.3, -0.25) is 19.4 Å². The summed E-state index contributed by atoms with van der Waals surface area (Å²) in [6, 6.07) is 8.32. The second kappa shape index (κ2) is 5.52.